The Hall–Kier alpha value is -2.56. The van der Waals surface area contributed by atoms with Crippen molar-refractivity contribution in [3.05, 3.63) is 47.8 Å². The molecule has 0 radical (unpaired) electrons. The highest BCUT2D eigenvalue weighted by Crippen LogP contribution is 2.35. The zero-order chi connectivity index (χ0) is 14.2. The second kappa shape index (κ2) is 4.77. The zero-order valence-electron chi connectivity index (χ0n) is 11.9. The van der Waals surface area contributed by atoms with E-state index >= 15 is 0 Å². The van der Waals surface area contributed by atoms with Crippen LogP contribution in [0.2, 0.25) is 0 Å². The van der Waals surface area contributed by atoms with Crippen LogP contribution in [0.25, 0.3) is 11.2 Å². The van der Waals surface area contributed by atoms with E-state index in [0.29, 0.717) is 5.92 Å². The number of nitrogens with one attached hydrogen (secondary N) is 3. The van der Waals surface area contributed by atoms with Crippen molar-refractivity contribution < 1.29 is 0 Å². The molecule has 5 nitrogen and oxygen atoms in total. The van der Waals surface area contributed by atoms with Gasteiger partial charge in [0.05, 0.1) is 5.52 Å². The molecule has 106 valence electrons. The Balaban J connectivity index is 1.80. The number of rotatable bonds is 2. The lowest BCUT2D eigenvalue weighted by molar-refractivity contribution is 0.686. The van der Waals surface area contributed by atoms with Crippen LogP contribution in [-0.2, 0) is 0 Å². The van der Waals surface area contributed by atoms with E-state index < -0.39 is 0 Å². The van der Waals surface area contributed by atoms with Crippen LogP contribution in [0.1, 0.15) is 23.7 Å². The number of aromatic amines is 1. The number of aromatic nitrogens is 3. The number of anilines is 2. The van der Waals surface area contributed by atoms with E-state index in [1.807, 2.05) is 19.2 Å². The summed E-state index contributed by atoms with van der Waals surface area (Å²) in [6.45, 7) is 0.966. The van der Waals surface area contributed by atoms with E-state index in [-0.39, 0.29) is 0 Å². The fraction of sp³-hybridized carbons (Fsp3) is 0.250. The van der Waals surface area contributed by atoms with Gasteiger partial charge in [-0.1, -0.05) is 18.2 Å². The standard InChI is InChI=1S/C16H17N5/c1-17-14-7-6-13-16(20-14)21-15(19-13)11-8-9-18-12-5-3-2-4-10(11)12/h2-7,11,18H,8-9H2,1H3,(H2,17,19,20,21). The topological polar surface area (TPSA) is 65.6 Å². The van der Waals surface area contributed by atoms with E-state index in [9.17, 15) is 0 Å². The summed E-state index contributed by atoms with van der Waals surface area (Å²) in [5.41, 5.74) is 4.27. The van der Waals surface area contributed by atoms with Crippen LogP contribution in [-0.4, -0.2) is 28.5 Å². The largest absolute Gasteiger partial charge is 0.385 e. The van der Waals surface area contributed by atoms with Crippen LogP contribution in [0.3, 0.4) is 0 Å². The number of benzene rings is 1. The molecule has 3 aromatic rings. The highest BCUT2D eigenvalue weighted by molar-refractivity contribution is 5.73. The van der Waals surface area contributed by atoms with Gasteiger partial charge in [-0.15, -0.1) is 0 Å². The summed E-state index contributed by atoms with van der Waals surface area (Å²) in [5, 5.41) is 6.50. The molecule has 1 unspecified atom stereocenters. The van der Waals surface area contributed by atoms with Gasteiger partial charge in [0, 0.05) is 25.2 Å². The predicted octanol–water partition coefficient (Wildman–Crippen LogP) is 2.95. The Bertz CT molecular complexity index is 792. The molecule has 0 spiro atoms. The van der Waals surface area contributed by atoms with Crippen molar-refractivity contribution in [1.82, 2.24) is 15.0 Å². The second-order valence-corrected chi connectivity index (χ2v) is 5.29. The van der Waals surface area contributed by atoms with Gasteiger partial charge in [0.15, 0.2) is 5.65 Å². The molecular formula is C16H17N5. The first kappa shape index (κ1) is 12.2. The van der Waals surface area contributed by atoms with Gasteiger partial charge >= 0.3 is 0 Å². The molecule has 0 fully saturated rings. The highest BCUT2D eigenvalue weighted by atomic mass is 15.0. The van der Waals surface area contributed by atoms with E-state index in [4.69, 9.17) is 4.98 Å². The number of imidazole rings is 1. The maximum atomic E-state index is 4.71. The van der Waals surface area contributed by atoms with Crippen LogP contribution >= 0.6 is 0 Å². The smallest absolute Gasteiger partial charge is 0.179 e. The van der Waals surface area contributed by atoms with Crippen molar-refractivity contribution in [2.45, 2.75) is 12.3 Å². The van der Waals surface area contributed by atoms with Crippen LogP contribution in [0.5, 0.6) is 0 Å². The van der Waals surface area contributed by atoms with Gasteiger partial charge in [0.25, 0.3) is 0 Å². The number of para-hydroxylation sites is 1. The summed E-state index contributed by atoms with van der Waals surface area (Å²) in [6.07, 6.45) is 1.04. The number of H-pyrrole nitrogens is 1. The molecule has 21 heavy (non-hydrogen) atoms. The minimum atomic E-state index is 0.301. The maximum absolute atomic E-state index is 4.71. The molecule has 0 amide bonds. The molecule has 0 bridgehead atoms. The number of pyridine rings is 1. The lowest BCUT2D eigenvalue weighted by Gasteiger charge is -2.25. The molecule has 1 aromatic carbocycles. The number of nitrogens with zero attached hydrogens (tertiary/aromatic N) is 2. The second-order valence-electron chi connectivity index (χ2n) is 5.29. The first-order valence-electron chi connectivity index (χ1n) is 7.22. The normalized spacial score (nSPS) is 17.3. The van der Waals surface area contributed by atoms with Gasteiger partial charge < -0.3 is 15.6 Å². The highest BCUT2D eigenvalue weighted by Gasteiger charge is 2.24. The molecule has 0 saturated carbocycles. The fourth-order valence-electron chi connectivity index (χ4n) is 2.97. The zero-order valence-corrected chi connectivity index (χ0v) is 11.9. The Kier molecular flexibility index (Phi) is 2.77. The van der Waals surface area contributed by atoms with Crippen molar-refractivity contribution in [2.24, 2.45) is 0 Å². The number of hydrogen-bond acceptors (Lipinski definition) is 4. The summed E-state index contributed by atoms with van der Waals surface area (Å²) in [5.74, 6) is 2.14. The van der Waals surface area contributed by atoms with Crippen molar-refractivity contribution in [3.63, 3.8) is 0 Å². The molecular weight excluding hydrogens is 262 g/mol. The van der Waals surface area contributed by atoms with Crippen LogP contribution in [0.15, 0.2) is 36.4 Å². The van der Waals surface area contributed by atoms with Gasteiger partial charge in [-0.3, -0.25) is 0 Å². The molecule has 1 aliphatic rings. The molecule has 1 atom stereocenters. The van der Waals surface area contributed by atoms with E-state index in [1.54, 1.807) is 0 Å². The summed E-state index contributed by atoms with van der Waals surface area (Å²) in [4.78, 5) is 12.6. The number of hydrogen-bond donors (Lipinski definition) is 3. The van der Waals surface area contributed by atoms with Gasteiger partial charge in [0.2, 0.25) is 0 Å². The van der Waals surface area contributed by atoms with Crippen molar-refractivity contribution >= 4 is 22.7 Å². The van der Waals surface area contributed by atoms with Crippen LogP contribution in [0.4, 0.5) is 11.5 Å². The van der Waals surface area contributed by atoms with Crippen molar-refractivity contribution in [3.8, 4) is 0 Å². The summed E-state index contributed by atoms with van der Waals surface area (Å²) >= 11 is 0. The Morgan fingerprint density at radius 1 is 1.14 bits per heavy atom. The van der Waals surface area contributed by atoms with E-state index in [0.717, 1.165) is 35.8 Å². The summed E-state index contributed by atoms with van der Waals surface area (Å²) in [6, 6.07) is 12.4. The third-order valence-electron chi connectivity index (χ3n) is 4.04. The van der Waals surface area contributed by atoms with Gasteiger partial charge in [-0.05, 0) is 30.2 Å². The minimum absolute atomic E-state index is 0.301. The van der Waals surface area contributed by atoms with Gasteiger partial charge in [-0.25, -0.2) is 9.97 Å². The number of fused-ring (bicyclic) bond motifs is 2. The molecule has 3 heterocycles. The first-order chi connectivity index (χ1) is 10.3. The first-order valence-corrected chi connectivity index (χ1v) is 7.22. The Labute approximate surface area is 122 Å². The summed E-state index contributed by atoms with van der Waals surface area (Å²) in [7, 11) is 1.87. The molecule has 4 rings (SSSR count). The molecule has 2 aromatic heterocycles. The quantitative estimate of drug-likeness (QED) is 0.675. The molecule has 0 aliphatic carbocycles. The average Bonchev–Trinajstić information content (AvgIpc) is 2.97. The summed E-state index contributed by atoms with van der Waals surface area (Å²) < 4.78 is 0. The third-order valence-corrected chi connectivity index (χ3v) is 4.04. The molecule has 5 heteroatoms. The molecule has 0 saturated heterocycles. The van der Waals surface area contributed by atoms with Gasteiger partial charge in [0.1, 0.15) is 11.6 Å². The predicted molar refractivity (Wildman–Crippen MR) is 84.8 cm³/mol. The van der Waals surface area contributed by atoms with Crippen LogP contribution < -0.4 is 10.6 Å². The van der Waals surface area contributed by atoms with Gasteiger partial charge in [-0.2, -0.15) is 0 Å². The lowest BCUT2D eigenvalue weighted by Crippen LogP contribution is -2.18. The SMILES string of the molecule is CNc1ccc2[nH]c(C3CCNc4ccccc43)nc2n1. The lowest BCUT2D eigenvalue weighted by atomic mass is 9.90. The van der Waals surface area contributed by atoms with Crippen molar-refractivity contribution in [2.75, 3.05) is 24.2 Å². The fourth-order valence-corrected chi connectivity index (χ4v) is 2.97. The van der Waals surface area contributed by atoms with Crippen LogP contribution in [0, 0.1) is 0 Å². The molecule has 1 aliphatic heterocycles. The minimum Gasteiger partial charge on any atom is -0.385 e. The van der Waals surface area contributed by atoms with E-state index in [1.165, 1.54) is 11.3 Å². The van der Waals surface area contributed by atoms with Crippen molar-refractivity contribution in [1.29, 1.82) is 0 Å². The monoisotopic (exact) mass is 279 g/mol. The Morgan fingerprint density at radius 3 is 2.95 bits per heavy atom. The Morgan fingerprint density at radius 2 is 2.05 bits per heavy atom. The maximum Gasteiger partial charge on any atom is 0.179 e. The van der Waals surface area contributed by atoms with E-state index in [2.05, 4.69) is 44.9 Å². The molecule has 3 N–H and O–H groups in total. The third kappa shape index (κ3) is 2.01. The average molecular weight is 279 g/mol.